The van der Waals surface area contributed by atoms with Crippen molar-refractivity contribution in [2.75, 3.05) is 20.2 Å². The lowest BCUT2D eigenvalue weighted by atomic mass is 9.67. The van der Waals surface area contributed by atoms with E-state index in [9.17, 15) is 0 Å². The zero-order valence-corrected chi connectivity index (χ0v) is 11.9. The Bertz CT molecular complexity index is 363. The van der Waals surface area contributed by atoms with Gasteiger partial charge in [0.2, 0.25) is 0 Å². The predicted molar refractivity (Wildman–Crippen MR) is 74.5 cm³/mol. The van der Waals surface area contributed by atoms with Crippen LogP contribution < -0.4 is 10.1 Å². The van der Waals surface area contributed by atoms with E-state index in [1.807, 2.05) is 31.3 Å². The van der Waals surface area contributed by atoms with Gasteiger partial charge in [-0.25, -0.2) is 0 Å². The standard InChI is InChI=1S/C14H20BrNO/c1-16-11-14(6-3-7-14)8-9-17-13-5-2-4-12(15)10-13/h2,4-5,10,16H,3,6-9,11H2,1H3. The van der Waals surface area contributed by atoms with E-state index in [4.69, 9.17) is 4.74 Å². The van der Waals surface area contributed by atoms with Gasteiger partial charge < -0.3 is 10.1 Å². The lowest BCUT2D eigenvalue weighted by molar-refractivity contribution is 0.0946. The number of benzene rings is 1. The van der Waals surface area contributed by atoms with E-state index in [2.05, 4.69) is 21.2 Å². The van der Waals surface area contributed by atoms with Crippen molar-refractivity contribution in [1.29, 1.82) is 0 Å². The molecule has 2 nitrogen and oxygen atoms in total. The fourth-order valence-corrected chi connectivity index (χ4v) is 2.89. The number of ether oxygens (including phenoxy) is 1. The van der Waals surface area contributed by atoms with Gasteiger partial charge in [0.1, 0.15) is 5.75 Å². The molecule has 0 aromatic heterocycles. The zero-order valence-electron chi connectivity index (χ0n) is 10.3. The fourth-order valence-electron chi connectivity index (χ4n) is 2.51. The minimum Gasteiger partial charge on any atom is -0.494 e. The van der Waals surface area contributed by atoms with Gasteiger partial charge in [-0.15, -0.1) is 0 Å². The van der Waals surface area contributed by atoms with Crippen molar-refractivity contribution in [1.82, 2.24) is 5.32 Å². The molecular formula is C14H20BrNO. The zero-order chi connectivity index (χ0) is 12.1. The maximum Gasteiger partial charge on any atom is 0.120 e. The molecule has 0 aliphatic heterocycles. The van der Waals surface area contributed by atoms with E-state index < -0.39 is 0 Å². The highest BCUT2D eigenvalue weighted by Crippen LogP contribution is 2.43. The van der Waals surface area contributed by atoms with Crippen LogP contribution in [0.3, 0.4) is 0 Å². The molecule has 0 unspecified atom stereocenters. The molecule has 1 aromatic rings. The Kier molecular flexibility index (Phi) is 4.46. The first kappa shape index (κ1) is 12.9. The summed E-state index contributed by atoms with van der Waals surface area (Å²) in [6.45, 7) is 1.94. The third-order valence-electron chi connectivity index (χ3n) is 3.66. The maximum atomic E-state index is 5.81. The summed E-state index contributed by atoms with van der Waals surface area (Å²) in [4.78, 5) is 0. The molecule has 0 atom stereocenters. The third-order valence-corrected chi connectivity index (χ3v) is 4.16. The van der Waals surface area contributed by atoms with Gasteiger partial charge in [0.05, 0.1) is 6.61 Å². The van der Waals surface area contributed by atoms with Crippen molar-refractivity contribution in [3.8, 4) is 5.75 Å². The SMILES string of the molecule is CNCC1(CCOc2cccc(Br)c2)CCC1. The Morgan fingerprint density at radius 2 is 2.24 bits per heavy atom. The number of hydrogen-bond acceptors (Lipinski definition) is 2. The Hall–Kier alpha value is -0.540. The Balaban J connectivity index is 1.79. The molecule has 1 fully saturated rings. The second kappa shape index (κ2) is 5.87. The third kappa shape index (κ3) is 3.46. The van der Waals surface area contributed by atoms with E-state index in [0.29, 0.717) is 5.41 Å². The van der Waals surface area contributed by atoms with E-state index in [-0.39, 0.29) is 0 Å². The lowest BCUT2D eigenvalue weighted by Crippen LogP contribution is -2.39. The van der Waals surface area contributed by atoms with Crippen molar-refractivity contribution >= 4 is 15.9 Å². The molecule has 1 aromatic carbocycles. The molecule has 1 aliphatic carbocycles. The minimum atomic E-state index is 0.501. The van der Waals surface area contributed by atoms with Crippen LogP contribution in [0.1, 0.15) is 25.7 Å². The van der Waals surface area contributed by atoms with Gasteiger partial charge in [0.25, 0.3) is 0 Å². The summed E-state index contributed by atoms with van der Waals surface area (Å²) in [5, 5.41) is 3.31. The lowest BCUT2D eigenvalue weighted by Gasteiger charge is -2.42. The highest BCUT2D eigenvalue weighted by Gasteiger charge is 2.35. The summed E-state index contributed by atoms with van der Waals surface area (Å²) in [7, 11) is 2.04. The molecule has 0 amide bonds. The average molecular weight is 298 g/mol. The summed E-state index contributed by atoms with van der Waals surface area (Å²) in [6, 6.07) is 8.05. The predicted octanol–water partition coefficient (Wildman–Crippen LogP) is 3.61. The summed E-state index contributed by atoms with van der Waals surface area (Å²) in [6.07, 6.45) is 5.21. The van der Waals surface area contributed by atoms with E-state index >= 15 is 0 Å². The summed E-state index contributed by atoms with van der Waals surface area (Å²) < 4.78 is 6.88. The van der Waals surface area contributed by atoms with Crippen molar-refractivity contribution in [3.63, 3.8) is 0 Å². The molecule has 0 spiro atoms. The van der Waals surface area contributed by atoms with Gasteiger partial charge in [0.15, 0.2) is 0 Å². The van der Waals surface area contributed by atoms with Gasteiger partial charge in [-0.2, -0.15) is 0 Å². The molecule has 1 aliphatic rings. The van der Waals surface area contributed by atoms with Gasteiger partial charge in [0, 0.05) is 11.0 Å². The second-order valence-corrected chi connectivity index (χ2v) is 5.86. The normalized spacial score (nSPS) is 17.5. The van der Waals surface area contributed by atoms with Gasteiger partial charge in [-0.3, -0.25) is 0 Å². The smallest absolute Gasteiger partial charge is 0.120 e. The van der Waals surface area contributed by atoms with Gasteiger partial charge in [-0.05, 0) is 49.9 Å². The largest absolute Gasteiger partial charge is 0.494 e. The van der Waals surface area contributed by atoms with Crippen LogP contribution in [0.25, 0.3) is 0 Å². The number of nitrogens with one attached hydrogen (secondary N) is 1. The molecule has 1 saturated carbocycles. The van der Waals surface area contributed by atoms with E-state index in [0.717, 1.165) is 29.8 Å². The van der Waals surface area contributed by atoms with Crippen LogP contribution >= 0.6 is 15.9 Å². The first-order valence-corrected chi connectivity index (χ1v) is 7.06. The second-order valence-electron chi connectivity index (χ2n) is 4.94. The first-order valence-electron chi connectivity index (χ1n) is 6.27. The molecule has 0 saturated heterocycles. The Morgan fingerprint density at radius 1 is 1.41 bits per heavy atom. The van der Waals surface area contributed by atoms with Crippen LogP contribution in [0, 0.1) is 5.41 Å². The van der Waals surface area contributed by atoms with Crippen molar-refractivity contribution in [2.24, 2.45) is 5.41 Å². The highest BCUT2D eigenvalue weighted by molar-refractivity contribution is 9.10. The first-order chi connectivity index (χ1) is 8.24. The molecule has 3 heteroatoms. The van der Waals surface area contributed by atoms with Gasteiger partial charge >= 0.3 is 0 Å². The van der Waals surface area contributed by atoms with Crippen LogP contribution in [0.4, 0.5) is 0 Å². The molecule has 0 heterocycles. The molecule has 0 bridgehead atoms. The van der Waals surface area contributed by atoms with Crippen LogP contribution in [0.2, 0.25) is 0 Å². The highest BCUT2D eigenvalue weighted by atomic mass is 79.9. The number of hydrogen-bond donors (Lipinski definition) is 1. The molecule has 2 rings (SSSR count). The van der Waals surface area contributed by atoms with Crippen molar-refractivity contribution in [3.05, 3.63) is 28.7 Å². The van der Waals surface area contributed by atoms with Crippen molar-refractivity contribution < 1.29 is 4.74 Å². The summed E-state index contributed by atoms with van der Waals surface area (Å²) >= 11 is 3.45. The van der Waals surface area contributed by atoms with Gasteiger partial charge in [-0.1, -0.05) is 28.4 Å². The molecular weight excluding hydrogens is 278 g/mol. The average Bonchev–Trinajstić information content (AvgIpc) is 2.26. The van der Waals surface area contributed by atoms with E-state index in [1.165, 1.54) is 19.3 Å². The monoisotopic (exact) mass is 297 g/mol. The van der Waals surface area contributed by atoms with Crippen LogP contribution in [0.5, 0.6) is 5.75 Å². The van der Waals surface area contributed by atoms with Crippen LogP contribution in [-0.4, -0.2) is 20.2 Å². The topological polar surface area (TPSA) is 21.3 Å². The molecule has 17 heavy (non-hydrogen) atoms. The Morgan fingerprint density at radius 3 is 2.82 bits per heavy atom. The fraction of sp³-hybridized carbons (Fsp3) is 0.571. The van der Waals surface area contributed by atoms with Crippen LogP contribution in [-0.2, 0) is 0 Å². The maximum absolute atomic E-state index is 5.81. The summed E-state index contributed by atoms with van der Waals surface area (Å²) in [5.41, 5.74) is 0.501. The number of rotatable bonds is 6. The molecule has 0 radical (unpaired) electrons. The van der Waals surface area contributed by atoms with E-state index in [1.54, 1.807) is 0 Å². The number of halogens is 1. The summed E-state index contributed by atoms with van der Waals surface area (Å²) in [5.74, 6) is 0.957. The molecule has 1 N–H and O–H groups in total. The molecule has 94 valence electrons. The Labute approximate surface area is 112 Å². The minimum absolute atomic E-state index is 0.501. The van der Waals surface area contributed by atoms with Crippen LogP contribution in [0.15, 0.2) is 28.7 Å². The van der Waals surface area contributed by atoms with Crippen molar-refractivity contribution in [2.45, 2.75) is 25.7 Å². The quantitative estimate of drug-likeness (QED) is 0.866.